The number of fused-ring (bicyclic) bond motifs is 3. The Hall–Kier alpha value is -3.36. The van der Waals surface area contributed by atoms with E-state index in [1.54, 1.807) is 22.5 Å². The van der Waals surface area contributed by atoms with E-state index in [-0.39, 0.29) is 5.95 Å². The normalized spacial score (nSPS) is 11.3. The monoisotopic (exact) mass is 338 g/mol. The second-order valence-electron chi connectivity index (χ2n) is 5.67. The molecule has 9 heteroatoms. The van der Waals surface area contributed by atoms with E-state index in [4.69, 9.17) is 10.5 Å². The van der Waals surface area contributed by atoms with E-state index < -0.39 is 0 Å². The number of nitrogens with two attached hydrogens (primary N) is 1. The molecular formula is C16H18N8O. The number of aryl methyl sites for hydroxylation is 1. The molecule has 0 saturated carbocycles. The Balaban J connectivity index is 1.65. The van der Waals surface area contributed by atoms with Crippen molar-refractivity contribution in [3.8, 4) is 5.75 Å². The number of methoxy groups -OCH3 is 1. The minimum Gasteiger partial charge on any atom is -0.494 e. The van der Waals surface area contributed by atoms with Gasteiger partial charge in [-0.05, 0) is 12.1 Å². The first-order valence-corrected chi connectivity index (χ1v) is 7.86. The molecule has 0 aliphatic heterocycles. The van der Waals surface area contributed by atoms with Gasteiger partial charge >= 0.3 is 0 Å². The zero-order valence-corrected chi connectivity index (χ0v) is 14.0. The third kappa shape index (κ3) is 2.69. The molecule has 0 spiro atoms. The molecule has 4 aromatic rings. The van der Waals surface area contributed by atoms with Gasteiger partial charge in [-0.25, -0.2) is 9.97 Å². The molecule has 4 rings (SSSR count). The minimum atomic E-state index is 0.283. The summed E-state index contributed by atoms with van der Waals surface area (Å²) in [6.07, 6.45) is 4.35. The van der Waals surface area contributed by atoms with E-state index in [1.807, 2.05) is 31.4 Å². The molecule has 1 aromatic carbocycles. The fraction of sp³-hybridized carbons (Fsp3) is 0.250. The van der Waals surface area contributed by atoms with Gasteiger partial charge in [0.2, 0.25) is 5.95 Å². The molecule has 0 atom stereocenters. The van der Waals surface area contributed by atoms with E-state index in [1.165, 1.54) is 0 Å². The highest BCUT2D eigenvalue weighted by molar-refractivity contribution is 5.95. The number of nitrogens with zero attached hydrogens (tertiary/aromatic N) is 6. The van der Waals surface area contributed by atoms with Crippen LogP contribution in [0.3, 0.4) is 0 Å². The lowest BCUT2D eigenvalue weighted by Crippen LogP contribution is -2.06. The van der Waals surface area contributed by atoms with Gasteiger partial charge < -0.3 is 15.8 Å². The van der Waals surface area contributed by atoms with Crippen LogP contribution >= 0.6 is 0 Å². The van der Waals surface area contributed by atoms with Crippen molar-refractivity contribution in [2.75, 3.05) is 24.7 Å². The van der Waals surface area contributed by atoms with Crippen LogP contribution < -0.4 is 15.8 Å². The van der Waals surface area contributed by atoms with Gasteiger partial charge in [-0.15, -0.1) is 5.10 Å². The van der Waals surface area contributed by atoms with Gasteiger partial charge in [0.1, 0.15) is 11.3 Å². The number of rotatable bonds is 5. The molecule has 0 radical (unpaired) electrons. The maximum Gasteiger partial charge on any atom is 0.223 e. The van der Waals surface area contributed by atoms with Crippen molar-refractivity contribution in [3.63, 3.8) is 0 Å². The summed E-state index contributed by atoms with van der Waals surface area (Å²) in [6, 6.07) is 5.68. The molecular weight excluding hydrogens is 320 g/mol. The molecule has 0 amide bonds. The minimum absolute atomic E-state index is 0.283. The molecule has 0 aliphatic carbocycles. The second kappa shape index (κ2) is 5.93. The summed E-state index contributed by atoms with van der Waals surface area (Å²) in [4.78, 5) is 9.03. The van der Waals surface area contributed by atoms with Crippen molar-refractivity contribution in [1.29, 1.82) is 0 Å². The standard InChI is InChI=1S/C16H18N8O/c1-23-9-10(8-19-23)18-7-6-13-20-15-11-4-3-5-12(25-2)14(11)21-16(17)24(15)22-13/h3-5,8-9,18H,6-7H2,1-2H3,(H2,17,21). The van der Waals surface area contributed by atoms with Crippen LogP contribution in [-0.4, -0.2) is 43.0 Å². The van der Waals surface area contributed by atoms with Crippen LogP contribution in [-0.2, 0) is 13.5 Å². The number of nitrogen functional groups attached to an aromatic ring is 1. The van der Waals surface area contributed by atoms with E-state index >= 15 is 0 Å². The largest absolute Gasteiger partial charge is 0.494 e. The van der Waals surface area contributed by atoms with Crippen LogP contribution in [0.2, 0.25) is 0 Å². The highest BCUT2D eigenvalue weighted by Crippen LogP contribution is 2.27. The van der Waals surface area contributed by atoms with E-state index in [2.05, 4.69) is 25.5 Å². The highest BCUT2D eigenvalue weighted by atomic mass is 16.5. The lowest BCUT2D eigenvalue weighted by molar-refractivity contribution is 0.419. The molecule has 25 heavy (non-hydrogen) atoms. The molecule has 3 heterocycles. The fourth-order valence-electron chi connectivity index (χ4n) is 2.77. The molecule has 0 unspecified atom stereocenters. The van der Waals surface area contributed by atoms with Crippen molar-refractivity contribution in [3.05, 3.63) is 36.4 Å². The highest BCUT2D eigenvalue weighted by Gasteiger charge is 2.14. The Bertz CT molecular complexity index is 1050. The lowest BCUT2D eigenvalue weighted by atomic mass is 10.2. The summed E-state index contributed by atoms with van der Waals surface area (Å²) in [5, 5.41) is 12.7. The summed E-state index contributed by atoms with van der Waals surface area (Å²) >= 11 is 0. The SMILES string of the molecule is COc1cccc2c1nc(N)n1nc(CCNc3cnn(C)c3)nc21. The second-order valence-corrected chi connectivity index (χ2v) is 5.67. The van der Waals surface area contributed by atoms with Crippen molar-refractivity contribution in [1.82, 2.24) is 29.4 Å². The average Bonchev–Trinajstić information content (AvgIpc) is 3.21. The van der Waals surface area contributed by atoms with E-state index in [0.29, 0.717) is 35.7 Å². The van der Waals surface area contributed by atoms with Gasteiger partial charge in [0.15, 0.2) is 11.5 Å². The summed E-state index contributed by atoms with van der Waals surface area (Å²) < 4.78 is 8.68. The van der Waals surface area contributed by atoms with Gasteiger partial charge in [0.05, 0.1) is 19.0 Å². The molecule has 0 aliphatic rings. The maximum atomic E-state index is 6.05. The van der Waals surface area contributed by atoms with Crippen LogP contribution in [0.15, 0.2) is 30.6 Å². The molecule has 128 valence electrons. The summed E-state index contributed by atoms with van der Waals surface area (Å²) in [5.74, 6) is 1.64. The topological polar surface area (TPSA) is 108 Å². The van der Waals surface area contributed by atoms with Crippen molar-refractivity contribution in [2.45, 2.75) is 6.42 Å². The zero-order valence-electron chi connectivity index (χ0n) is 14.0. The Morgan fingerprint density at radius 3 is 2.92 bits per heavy atom. The van der Waals surface area contributed by atoms with Crippen LogP contribution in [0.4, 0.5) is 11.6 Å². The molecule has 0 fully saturated rings. The Morgan fingerprint density at radius 1 is 1.28 bits per heavy atom. The fourth-order valence-corrected chi connectivity index (χ4v) is 2.77. The number of benzene rings is 1. The lowest BCUT2D eigenvalue weighted by Gasteiger charge is -2.06. The van der Waals surface area contributed by atoms with Gasteiger partial charge in [0.25, 0.3) is 0 Å². The van der Waals surface area contributed by atoms with Gasteiger partial charge in [-0.2, -0.15) is 9.61 Å². The molecule has 3 N–H and O–H groups in total. The maximum absolute atomic E-state index is 6.05. The first kappa shape index (κ1) is 15.2. The van der Waals surface area contributed by atoms with Gasteiger partial charge in [-0.3, -0.25) is 4.68 Å². The quantitative estimate of drug-likeness (QED) is 0.564. The Labute approximate surface area is 143 Å². The van der Waals surface area contributed by atoms with Crippen LogP contribution in [0.5, 0.6) is 5.75 Å². The summed E-state index contributed by atoms with van der Waals surface area (Å²) in [7, 11) is 3.49. The van der Waals surface area contributed by atoms with Gasteiger partial charge in [-0.1, -0.05) is 6.07 Å². The van der Waals surface area contributed by atoms with Crippen LogP contribution in [0, 0.1) is 0 Å². The number of ether oxygens (including phenoxy) is 1. The number of hydrogen-bond acceptors (Lipinski definition) is 7. The van der Waals surface area contributed by atoms with Crippen LogP contribution in [0.1, 0.15) is 5.82 Å². The van der Waals surface area contributed by atoms with E-state index in [9.17, 15) is 0 Å². The molecule has 0 saturated heterocycles. The number of hydrogen-bond donors (Lipinski definition) is 2. The predicted octanol–water partition coefficient (Wildman–Crippen LogP) is 1.26. The average molecular weight is 338 g/mol. The first-order chi connectivity index (χ1) is 12.2. The Kier molecular flexibility index (Phi) is 3.60. The smallest absolute Gasteiger partial charge is 0.223 e. The molecule has 9 nitrogen and oxygen atoms in total. The third-order valence-corrected chi connectivity index (χ3v) is 3.94. The third-order valence-electron chi connectivity index (χ3n) is 3.94. The number of aromatic nitrogens is 6. The van der Waals surface area contributed by atoms with Crippen LogP contribution in [0.25, 0.3) is 16.6 Å². The molecule has 3 aromatic heterocycles. The van der Waals surface area contributed by atoms with Gasteiger partial charge in [0, 0.05) is 31.6 Å². The van der Waals surface area contributed by atoms with E-state index in [0.717, 1.165) is 11.1 Å². The van der Waals surface area contributed by atoms with Crippen molar-refractivity contribution >= 4 is 28.2 Å². The van der Waals surface area contributed by atoms with Crippen molar-refractivity contribution < 1.29 is 4.74 Å². The number of para-hydroxylation sites is 1. The number of anilines is 2. The Morgan fingerprint density at radius 2 is 2.16 bits per heavy atom. The number of nitrogens with one attached hydrogen (secondary N) is 1. The predicted molar refractivity (Wildman–Crippen MR) is 94.7 cm³/mol. The summed E-state index contributed by atoms with van der Waals surface area (Å²) in [5.41, 5.74) is 8.37. The first-order valence-electron chi connectivity index (χ1n) is 7.86. The zero-order chi connectivity index (χ0) is 17.4. The summed E-state index contributed by atoms with van der Waals surface area (Å²) in [6.45, 7) is 0.692. The molecule has 0 bridgehead atoms. The van der Waals surface area contributed by atoms with Crippen molar-refractivity contribution in [2.24, 2.45) is 7.05 Å².